The van der Waals surface area contributed by atoms with Crippen LogP contribution in [-0.4, -0.2) is 62.8 Å². The summed E-state index contributed by atoms with van der Waals surface area (Å²) >= 11 is 0. The fourth-order valence-electron chi connectivity index (χ4n) is 3.37. The second kappa shape index (κ2) is 11.0. The fourth-order valence-corrected chi connectivity index (χ4v) is 4.83. The van der Waals surface area contributed by atoms with Crippen LogP contribution in [0.15, 0.2) is 29.2 Å². The number of amides is 1. The van der Waals surface area contributed by atoms with Gasteiger partial charge in [0, 0.05) is 38.6 Å². The first-order valence-corrected chi connectivity index (χ1v) is 10.9. The number of aryl methyl sites for hydroxylation is 1. The molecule has 1 aliphatic rings. The van der Waals surface area contributed by atoms with Crippen LogP contribution in [0, 0.1) is 0 Å². The lowest BCUT2D eigenvalue weighted by Crippen LogP contribution is -2.44. The average Bonchev–Trinajstić information content (AvgIpc) is 2.67. The summed E-state index contributed by atoms with van der Waals surface area (Å²) in [6, 6.07) is 7.44. The highest BCUT2D eigenvalue weighted by Crippen LogP contribution is 2.17. The number of carbonyl (C=O) groups excluding carboxylic acids is 1. The van der Waals surface area contributed by atoms with Crippen LogP contribution in [0.25, 0.3) is 0 Å². The van der Waals surface area contributed by atoms with Crippen LogP contribution >= 0.6 is 12.4 Å². The van der Waals surface area contributed by atoms with Gasteiger partial charge in [-0.05, 0) is 44.0 Å². The standard InChI is InChI=1S/C19H31N3O3S.ClH/c1-4-22(5-2)26(24,25)18-9-6-16(7-10-18)8-11-19(23)21-14-12-17(20-3)13-15-21;/h6-7,9-10,17,20H,4-5,8,11-15H2,1-3H3;1H. The lowest BCUT2D eigenvalue weighted by molar-refractivity contribution is -0.132. The number of carbonyl (C=O) groups is 1. The zero-order valence-electron chi connectivity index (χ0n) is 16.5. The highest BCUT2D eigenvalue weighted by atomic mass is 35.5. The van der Waals surface area contributed by atoms with Crippen molar-refractivity contribution in [3.05, 3.63) is 29.8 Å². The summed E-state index contributed by atoms with van der Waals surface area (Å²) < 4.78 is 26.4. The minimum Gasteiger partial charge on any atom is -0.343 e. The maximum absolute atomic E-state index is 12.5. The minimum absolute atomic E-state index is 0. The molecule has 0 unspecified atom stereocenters. The number of nitrogens with zero attached hydrogens (tertiary/aromatic N) is 2. The van der Waals surface area contributed by atoms with E-state index in [-0.39, 0.29) is 18.3 Å². The van der Waals surface area contributed by atoms with Crippen molar-refractivity contribution in [2.45, 2.75) is 50.5 Å². The molecule has 154 valence electrons. The summed E-state index contributed by atoms with van der Waals surface area (Å²) in [6.45, 7) is 6.20. The van der Waals surface area contributed by atoms with Gasteiger partial charge in [0.2, 0.25) is 15.9 Å². The second-order valence-corrected chi connectivity index (χ2v) is 8.61. The number of piperidine rings is 1. The topological polar surface area (TPSA) is 69.7 Å². The zero-order chi connectivity index (χ0) is 19.2. The Kier molecular flexibility index (Phi) is 9.73. The molecule has 1 aliphatic heterocycles. The van der Waals surface area contributed by atoms with Crippen LogP contribution < -0.4 is 5.32 Å². The predicted molar refractivity (Wildman–Crippen MR) is 111 cm³/mol. The van der Waals surface area contributed by atoms with Crippen molar-refractivity contribution in [1.29, 1.82) is 0 Å². The molecule has 0 saturated carbocycles. The molecule has 0 radical (unpaired) electrons. The van der Waals surface area contributed by atoms with Crippen molar-refractivity contribution in [3.8, 4) is 0 Å². The summed E-state index contributed by atoms with van der Waals surface area (Å²) in [6.07, 6.45) is 3.10. The van der Waals surface area contributed by atoms with Gasteiger partial charge < -0.3 is 10.2 Å². The van der Waals surface area contributed by atoms with E-state index < -0.39 is 10.0 Å². The van der Waals surface area contributed by atoms with Gasteiger partial charge in [0.1, 0.15) is 0 Å². The Hall–Kier alpha value is -1.15. The molecule has 0 aliphatic carbocycles. The third kappa shape index (κ3) is 6.17. The van der Waals surface area contributed by atoms with Crippen molar-refractivity contribution in [2.75, 3.05) is 33.2 Å². The number of rotatable bonds is 8. The smallest absolute Gasteiger partial charge is 0.243 e. The molecule has 1 N–H and O–H groups in total. The molecule has 1 fully saturated rings. The first-order chi connectivity index (χ1) is 12.4. The zero-order valence-corrected chi connectivity index (χ0v) is 18.1. The third-order valence-corrected chi connectivity index (χ3v) is 7.21. The number of sulfonamides is 1. The minimum atomic E-state index is -3.42. The molecule has 0 aromatic heterocycles. The van der Waals surface area contributed by atoms with Crippen LogP contribution in [0.1, 0.15) is 38.7 Å². The lowest BCUT2D eigenvalue weighted by Gasteiger charge is -2.31. The van der Waals surface area contributed by atoms with Crippen molar-refractivity contribution in [3.63, 3.8) is 0 Å². The van der Waals surface area contributed by atoms with E-state index in [1.165, 1.54) is 4.31 Å². The first kappa shape index (κ1) is 23.9. The van der Waals surface area contributed by atoms with Crippen molar-refractivity contribution >= 4 is 28.3 Å². The molecule has 0 bridgehead atoms. The Morgan fingerprint density at radius 1 is 1.15 bits per heavy atom. The highest BCUT2D eigenvalue weighted by Gasteiger charge is 2.22. The summed E-state index contributed by atoms with van der Waals surface area (Å²) in [4.78, 5) is 14.6. The van der Waals surface area contributed by atoms with E-state index in [1.54, 1.807) is 12.1 Å². The number of likely N-dealkylation sites (tertiary alicyclic amines) is 1. The molecule has 1 amide bonds. The van der Waals surface area contributed by atoms with E-state index in [0.29, 0.717) is 36.9 Å². The molecule has 0 atom stereocenters. The van der Waals surface area contributed by atoms with Gasteiger partial charge in [0.15, 0.2) is 0 Å². The lowest BCUT2D eigenvalue weighted by atomic mass is 10.0. The van der Waals surface area contributed by atoms with Crippen LogP contribution in [-0.2, 0) is 21.2 Å². The Morgan fingerprint density at radius 3 is 2.19 bits per heavy atom. The number of halogens is 1. The fraction of sp³-hybridized carbons (Fsp3) is 0.632. The van der Waals surface area contributed by atoms with Crippen molar-refractivity contribution < 1.29 is 13.2 Å². The van der Waals surface area contributed by atoms with Crippen LogP contribution in [0.5, 0.6) is 0 Å². The summed E-state index contributed by atoms with van der Waals surface area (Å²) in [7, 11) is -1.46. The molecule has 1 aromatic rings. The molecule has 6 nitrogen and oxygen atoms in total. The van der Waals surface area contributed by atoms with Crippen LogP contribution in [0.2, 0.25) is 0 Å². The van der Waals surface area contributed by atoms with Gasteiger partial charge in [-0.2, -0.15) is 4.31 Å². The Bertz CT molecular complexity index is 683. The maximum Gasteiger partial charge on any atom is 0.243 e. The van der Waals surface area contributed by atoms with Crippen molar-refractivity contribution in [1.82, 2.24) is 14.5 Å². The highest BCUT2D eigenvalue weighted by molar-refractivity contribution is 7.89. The largest absolute Gasteiger partial charge is 0.343 e. The summed E-state index contributed by atoms with van der Waals surface area (Å²) in [5.41, 5.74) is 0.988. The van der Waals surface area contributed by atoms with E-state index in [1.807, 2.05) is 37.9 Å². The molecule has 1 heterocycles. The summed E-state index contributed by atoms with van der Waals surface area (Å²) in [5, 5.41) is 3.26. The molecule has 1 saturated heterocycles. The average molecular weight is 418 g/mol. The first-order valence-electron chi connectivity index (χ1n) is 9.46. The van der Waals surface area contributed by atoms with E-state index in [9.17, 15) is 13.2 Å². The second-order valence-electron chi connectivity index (χ2n) is 6.68. The quantitative estimate of drug-likeness (QED) is 0.704. The number of nitrogens with one attached hydrogen (secondary N) is 1. The van der Waals surface area contributed by atoms with E-state index in [4.69, 9.17) is 0 Å². The SMILES string of the molecule is CCN(CC)S(=O)(=O)c1ccc(CCC(=O)N2CCC(NC)CC2)cc1.Cl. The van der Waals surface area contributed by atoms with E-state index in [0.717, 1.165) is 31.5 Å². The maximum atomic E-state index is 12.5. The van der Waals surface area contributed by atoms with Crippen molar-refractivity contribution in [2.24, 2.45) is 0 Å². The van der Waals surface area contributed by atoms with Gasteiger partial charge in [0.05, 0.1) is 4.90 Å². The van der Waals surface area contributed by atoms with Gasteiger partial charge in [-0.3, -0.25) is 4.79 Å². The molecule has 2 rings (SSSR count). The van der Waals surface area contributed by atoms with Gasteiger partial charge in [-0.1, -0.05) is 26.0 Å². The van der Waals surface area contributed by atoms with E-state index in [2.05, 4.69) is 5.32 Å². The molecule has 8 heteroatoms. The van der Waals surface area contributed by atoms with Gasteiger partial charge in [-0.25, -0.2) is 8.42 Å². The van der Waals surface area contributed by atoms with Crippen LogP contribution in [0.4, 0.5) is 0 Å². The normalized spacial score (nSPS) is 15.6. The predicted octanol–water partition coefficient (Wildman–Crippen LogP) is 2.28. The third-order valence-electron chi connectivity index (χ3n) is 5.15. The number of hydrogen-bond acceptors (Lipinski definition) is 4. The Morgan fingerprint density at radius 2 is 1.70 bits per heavy atom. The number of hydrogen-bond donors (Lipinski definition) is 1. The Labute approximate surface area is 169 Å². The molecule has 1 aromatic carbocycles. The molecule has 27 heavy (non-hydrogen) atoms. The molecular weight excluding hydrogens is 386 g/mol. The molecular formula is C19H32ClN3O3S. The molecule has 0 spiro atoms. The van der Waals surface area contributed by atoms with Gasteiger partial charge >= 0.3 is 0 Å². The Balaban J connectivity index is 0.00000364. The van der Waals surface area contributed by atoms with Crippen LogP contribution in [0.3, 0.4) is 0 Å². The summed E-state index contributed by atoms with van der Waals surface area (Å²) in [5.74, 6) is 0.180. The monoisotopic (exact) mass is 417 g/mol. The van der Waals surface area contributed by atoms with Gasteiger partial charge in [0.25, 0.3) is 0 Å². The van der Waals surface area contributed by atoms with Gasteiger partial charge in [-0.15, -0.1) is 12.4 Å². The van der Waals surface area contributed by atoms with E-state index >= 15 is 0 Å². The number of benzene rings is 1.